The fraction of sp³-hybridized carbons (Fsp3) is 0.900. The molecule has 2 unspecified atom stereocenters. The molecule has 0 saturated carbocycles. The van der Waals surface area contributed by atoms with Gasteiger partial charge in [0.1, 0.15) is 0 Å². The summed E-state index contributed by atoms with van der Waals surface area (Å²) in [5.74, 6) is -0.703. The molecule has 1 aliphatic heterocycles. The van der Waals surface area contributed by atoms with Crippen LogP contribution < -0.4 is 0 Å². The van der Waals surface area contributed by atoms with Crippen LogP contribution in [0.2, 0.25) is 0 Å². The van der Waals surface area contributed by atoms with Crippen LogP contribution in [0.15, 0.2) is 0 Å². The molecule has 0 aromatic rings. The Kier molecular flexibility index (Phi) is 3.31. The van der Waals surface area contributed by atoms with Crippen LogP contribution in [-0.4, -0.2) is 23.8 Å². The van der Waals surface area contributed by atoms with E-state index in [9.17, 15) is 4.79 Å². The molecule has 1 aliphatic rings. The summed E-state index contributed by atoms with van der Waals surface area (Å²) in [6.07, 6.45) is 3.58. The van der Waals surface area contributed by atoms with Crippen LogP contribution >= 0.6 is 0 Å². The van der Waals surface area contributed by atoms with E-state index in [1.807, 2.05) is 6.92 Å². The van der Waals surface area contributed by atoms with Gasteiger partial charge in [-0.05, 0) is 32.6 Å². The van der Waals surface area contributed by atoms with E-state index in [2.05, 4.69) is 0 Å². The van der Waals surface area contributed by atoms with Crippen LogP contribution in [0.25, 0.3) is 0 Å². The van der Waals surface area contributed by atoms with Crippen LogP contribution in [-0.2, 0) is 9.53 Å². The third-order valence-corrected chi connectivity index (χ3v) is 3.00. The lowest BCUT2D eigenvalue weighted by molar-refractivity contribution is -0.150. The van der Waals surface area contributed by atoms with Gasteiger partial charge in [0, 0.05) is 6.61 Å². The van der Waals surface area contributed by atoms with Crippen molar-refractivity contribution in [2.24, 2.45) is 5.41 Å². The van der Waals surface area contributed by atoms with Crippen molar-refractivity contribution < 1.29 is 14.6 Å². The van der Waals surface area contributed by atoms with Crippen molar-refractivity contribution in [1.82, 2.24) is 0 Å². The molecule has 1 heterocycles. The number of carbonyl (C=O) groups is 1. The first-order valence-corrected chi connectivity index (χ1v) is 4.93. The van der Waals surface area contributed by atoms with Crippen LogP contribution in [0.5, 0.6) is 0 Å². The lowest BCUT2D eigenvalue weighted by Gasteiger charge is -2.25. The summed E-state index contributed by atoms with van der Waals surface area (Å²) in [5.41, 5.74) is -0.602. The molecule has 3 nitrogen and oxygen atoms in total. The summed E-state index contributed by atoms with van der Waals surface area (Å²) in [6, 6.07) is 0. The van der Waals surface area contributed by atoms with E-state index in [0.717, 1.165) is 19.4 Å². The van der Waals surface area contributed by atoms with Gasteiger partial charge >= 0.3 is 5.97 Å². The highest BCUT2D eigenvalue weighted by molar-refractivity contribution is 5.74. The summed E-state index contributed by atoms with van der Waals surface area (Å²) in [6.45, 7) is 4.52. The van der Waals surface area contributed by atoms with Crippen molar-refractivity contribution in [2.75, 3.05) is 6.61 Å². The lowest BCUT2D eigenvalue weighted by atomic mass is 9.81. The first-order valence-electron chi connectivity index (χ1n) is 4.93. The maximum Gasteiger partial charge on any atom is 0.309 e. The molecule has 0 bridgehead atoms. The van der Waals surface area contributed by atoms with Crippen molar-refractivity contribution in [1.29, 1.82) is 0 Å². The van der Waals surface area contributed by atoms with Crippen LogP contribution in [0.1, 0.15) is 39.5 Å². The Morgan fingerprint density at radius 1 is 1.69 bits per heavy atom. The zero-order valence-electron chi connectivity index (χ0n) is 8.38. The van der Waals surface area contributed by atoms with Gasteiger partial charge in [-0.1, -0.05) is 6.92 Å². The molecule has 1 rings (SSSR count). The zero-order chi connectivity index (χ0) is 9.90. The van der Waals surface area contributed by atoms with Gasteiger partial charge in [-0.25, -0.2) is 0 Å². The number of carboxylic acids is 1. The first kappa shape index (κ1) is 10.5. The number of aliphatic carboxylic acids is 1. The molecule has 0 aromatic carbocycles. The summed E-state index contributed by atoms with van der Waals surface area (Å²) < 4.78 is 5.44. The number of rotatable bonds is 4. The highest BCUT2D eigenvalue weighted by Crippen LogP contribution is 2.32. The second-order valence-electron chi connectivity index (χ2n) is 4.06. The SMILES string of the molecule is CCC(C)(CC1CCCO1)C(=O)O. The number of ether oxygens (including phenoxy) is 1. The maximum absolute atomic E-state index is 11.0. The standard InChI is InChI=1S/C10H18O3/c1-3-10(2,9(11)12)7-8-5-4-6-13-8/h8H,3-7H2,1-2H3,(H,11,12). The molecular weight excluding hydrogens is 168 g/mol. The van der Waals surface area contributed by atoms with Crippen molar-refractivity contribution in [2.45, 2.75) is 45.6 Å². The fourth-order valence-corrected chi connectivity index (χ4v) is 1.69. The predicted molar refractivity (Wildman–Crippen MR) is 49.6 cm³/mol. The topological polar surface area (TPSA) is 46.5 Å². The second kappa shape index (κ2) is 4.09. The van der Waals surface area contributed by atoms with Crippen LogP contribution in [0, 0.1) is 5.41 Å². The quantitative estimate of drug-likeness (QED) is 0.731. The molecule has 2 atom stereocenters. The predicted octanol–water partition coefficient (Wildman–Crippen LogP) is 2.06. The molecule has 0 spiro atoms. The lowest BCUT2D eigenvalue weighted by Crippen LogP contribution is -2.31. The van der Waals surface area contributed by atoms with E-state index in [1.54, 1.807) is 6.92 Å². The van der Waals surface area contributed by atoms with E-state index in [4.69, 9.17) is 9.84 Å². The summed E-state index contributed by atoms with van der Waals surface area (Å²) in [5, 5.41) is 9.04. The Morgan fingerprint density at radius 3 is 2.77 bits per heavy atom. The second-order valence-corrected chi connectivity index (χ2v) is 4.06. The van der Waals surface area contributed by atoms with Gasteiger partial charge in [0.15, 0.2) is 0 Å². The Morgan fingerprint density at radius 2 is 2.38 bits per heavy atom. The molecule has 1 N–H and O–H groups in total. The van der Waals surface area contributed by atoms with E-state index in [0.29, 0.717) is 12.8 Å². The van der Waals surface area contributed by atoms with Crippen molar-refractivity contribution in [3.8, 4) is 0 Å². The number of hydrogen-bond donors (Lipinski definition) is 1. The zero-order valence-corrected chi connectivity index (χ0v) is 8.38. The summed E-state index contributed by atoms with van der Waals surface area (Å²) in [7, 11) is 0. The van der Waals surface area contributed by atoms with Gasteiger partial charge in [-0.3, -0.25) is 4.79 Å². The van der Waals surface area contributed by atoms with E-state index < -0.39 is 11.4 Å². The molecule has 0 radical (unpaired) electrons. The molecule has 1 fully saturated rings. The van der Waals surface area contributed by atoms with Gasteiger partial charge in [0.25, 0.3) is 0 Å². The minimum atomic E-state index is -0.703. The minimum absolute atomic E-state index is 0.168. The van der Waals surface area contributed by atoms with E-state index >= 15 is 0 Å². The minimum Gasteiger partial charge on any atom is -0.481 e. The Hall–Kier alpha value is -0.570. The van der Waals surface area contributed by atoms with Crippen LogP contribution in [0.3, 0.4) is 0 Å². The molecular formula is C10H18O3. The van der Waals surface area contributed by atoms with Gasteiger partial charge < -0.3 is 9.84 Å². The first-order chi connectivity index (χ1) is 6.08. The Bertz CT molecular complexity index is 185. The smallest absolute Gasteiger partial charge is 0.309 e. The van der Waals surface area contributed by atoms with Gasteiger partial charge in [0.2, 0.25) is 0 Å². The molecule has 3 heteroatoms. The molecule has 76 valence electrons. The molecule has 0 aromatic heterocycles. The van der Waals surface area contributed by atoms with E-state index in [-0.39, 0.29) is 6.10 Å². The molecule has 0 aliphatic carbocycles. The van der Waals surface area contributed by atoms with Gasteiger partial charge in [-0.2, -0.15) is 0 Å². The molecule has 1 saturated heterocycles. The summed E-state index contributed by atoms with van der Waals surface area (Å²) >= 11 is 0. The average molecular weight is 186 g/mol. The third-order valence-electron chi connectivity index (χ3n) is 3.00. The number of hydrogen-bond acceptors (Lipinski definition) is 2. The van der Waals surface area contributed by atoms with Gasteiger partial charge in [0.05, 0.1) is 11.5 Å². The monoisotopic (exact) mass is 186 g/mol. The molecule has 13 heavy (non-hydrogen) atoms. The summed E-state index contributed by atoms with van der Waals surface area (Å²) in [4.78, 5) is 11.0. The fourth-order valence-electron chi connectivity index (χ4n) is 1.69. The average Bonchev–Trinajstić information content (AvgIpc) is 2.56. The maximum atomic E-state index is 11.0. The molecule has 0 amide bonds. The van der Waals surface area contributed by atoms with Gasteiger partial charge in [-0.15, -0.1) is 0 Å². The van der Waals surface area contributed by atoms with Crippen molar-refractivity contribution in [3.63, 3.8) is 0 Å². The largest absolute Gasteiger partial charge is 0.481 e. The third kappa shape index (κ3) is 2.44. The highest BCUT2D eigenvalue weighted by Gasteiger charge is 2.35. The Balaban J connectivity index is 2.51. The Labute approximate surface area is 79.1 Å². The van der Waals surface area contributed by atoms with Crippen molar-refractivity contribution in [3.05, 3.63) is 0 Å². The normalized spacial score (nSPS) is 27.1. The van der Waals surface area contributed by atoms with E-state index in [1.165, 1.54) is 0 Å². The van der Waals surface area contributed by atoms with Crippen LogP contribution in [0.4, 0.5) is 0 Å². The van der Waals surface area contributed by atoms with Crippen molar-refractivity contribution >= 4 is 5.97 Å². The number of carboxylic acid groups (broad SMARTS) is 1. The highest BCUT2D eigenvalue weighted by atomic mass is 16.5.